The van der Waals surface area contributed by atoms with Crippen LogP contribution in [0.2, 0.25) is 0 Å². The highest BCUT2D eigenvalue weighted by atomic mass is 16.2. The van der Waals surface area contributed by atoms with Crippen molar-refractivity contribution in [3.8, 4) is 0 Å². The lowest BCUT2D eigenvalue weighted by atomic mass is 10.1. The van der Waals surface area contributed by atoms with Crippen LogP contribution in [0.4, 0.5) is 0 Å². The quantitative estimate of drug-likeness (QED) is 0.188. The van der Waals surface area contributed by atoms with Gasteiger partial charge < -0.3 is 0 Å². The lowest BCUT2D eigenvalue weighted by Crippen LogP contribution is -2.16. The van der Waals surface area contributed by atoms with E-state index >= 15 is 0 Å². The standard InChI is InChI=1S/C20H40N2O/c1-3-5-7-9-11-12-13-14-16-18-20(23)22-21-19-17-15-10-8-6-4-2/h19H,3-18H2,1-2H3,(H,22,23)/b21-19+. The van der Waals surface area contributed by atoms with E-state index in [0.717, 1.165) is 12.8 Å². The second kappa shape index (κ2) is 19.2. The summed E-state index contributed by atoms with van der Waals surface area (Å²) in [5.41, 5.74) is 2.64. The van der Waals surface area contributed by atoms with Gasteiger partial charge in [-0.1, -0.05) is 90.9 Å². The highest BCUT2D eigenvalue weighted by Gasteiger charge is 1.99. The number of carbonyl (C=O) groups excluding carboxylic acids is 1. The Bertz CT molecular complexity index is 277. The number of nitrogens with zero attached hydrogens (tertiary/aromatic N) is 1. The summed E-state index contributed by atoms with van der Waals surface area (Å²) in [7, 11) is 0. The summed E-state index contributed by atoms with van der Waals surface area (Å²) >= 11 is 0. The van der Waals surface area contributed by atoms with Gasteiger partial charge in [-0.25, -0.2) is 5.43 Å². The molecule has 0 rings (SSSR count). The largest absolute Gasteiger partial charge is 0.273 e. The molecule has 0 saturated heterocycles. The summed E-state index contributed by atoms with van der Waals surface area (Å²) in [6.07, 6.45) is 21.4. The lowest BCUT2D eigenvalue weighted by Gasteiger charge is -2.02. The summed E-state index contributed by atoms with van der Waals surface area (Å²) in [6, 6.07) is 0. The second-order valence-corrected chi connectivity index (χ2v) is 6.63. The minimum atomic E-state index is 0.0650. The first-order valence-electron chi connectivity index (χ1n) is 10.1. The van der Waals surface area contributed by atoms with E-state index in [2.05, 4.69) is 24.4 Å². The Kier molecular flexibility index (Phi) is 18.5. The van der Waals surface area contributed by atoms with Crippen LogP contribution in [0.3, 0.4) is 0 Å². The van der Waals surface area contributed by atoms with E-state index in [0.29, 0.717) is 6.42 Å². The highest BCUT2D eigenvalue weighted by Crippen LogP contribution is 2.10. The van der Waals surface area contributed by atoms with Crippen molar-refractivity contribution >= 4 is 12.1 Å². The molecule has 0 aromatic rings. The van der Waals surface area contributed by atoms with Crippen LogP contribution in [0.25, 0.3) is 0 Å². The van der Waals surface area contributed by atoms with E-state index in [-0.39, 0.29) is 5.91 Å². The molecule has 0 heterocycles. The third-order valence-electron chi connectivity index (χ3n) is 4.22. The van der Waals surface area contributed by atoms with Crippen LogP contribution in [0.15, 0.2) is 5.10 Å². The van der Waals surface area contributed by atoms with E-state index in [1.165, 1.54) is 83.5 Å². The Labute approximate surface area is 144 Å². The Morgan fingerprint density at radius 3 is 1.78 bits per heavy atom. The summed E-state index contributed by atoms with van der Waals surface area (Å²) in [4.78, 5) is 11.6. The Hall–Kier alpha value is -0.860. The maximum Gasteiger partial charge on any atom is 0.240 e. The Morgan fingerprint density at radius 1 is 0.739 bits per heavy atom. The van der Waals surface area contributed by atoms with Gasteiger partial charge in [-0.05, 0) is 19.3 Å². The van der Waals surface area contributed by atoms with Crippen LogP contribution in [-0.2, 0) is 4.79 Å². The topological polar surface area (TPSA) is 41.5 Å². The van der Waals surface area contributed by atoms with Gasteiger partial charge in [0.15, 0.2) is 0 Å². The van der Waals surface area contributed by atoms with E-state index in [9.17, 15) is 4.79 Å². The van der Waals surface area contributed by atoms with Crippen molar-refractivity contribution < 1.29 is 4.79 Å². The van der Waals surface area contributed by atoms with Crippen molar-refractivity contribution in [3.63, 3.8) is 0 Å². The molecule has 0 radical (unpaired) electrons. The summed E-state index contributed by atoms with van der Waals surface area (Å²) in [5.74, 6) is 0.0650. The lowest BCUT2D eigenvalue weighted by molar-refractivity contribution is -0.121. The molecule has 23 heavy (non-hydrogen) atoms. The number of hydrogen-bond acceptors (Lipinski definition) is 2. The summed E-state index contributed by atoms with van der Waals surface area (Å²) < 4.78 is 0. The Morgan fingerprint density at radius 2 is 1.22 bits per heavy atom. The smallest absolute Gasteiger partial charge is 0.240 e. The molecule has 0 spiro atoms. The van der Waals surface area contributed by atoms with Gasteiger partial charge >= 0.3 is 0 Å². The van der Waals surface area contributed by atoms with Crippen molar-refractivity contribution in [2.24, 2.45) is 5.10 Å². The molecule has 0 aliphatic heterocycles. The molecule has 0 bridgehead atoms. The van der Waals surface area contributed by atoms with Crippen LogP contribution in [0.5, 0.6) is 0 Å². The number of carbonyl (C=O) groups is 1. The number of unbranched alkanes of at least 4 members (excludes halogenated alkanes) is 13. The summed E-state index contributed by atoms with van der Waals surface area (Å²) in [6.45, 7) is 4.48. The fraction of sp³-hybridized carbons (Fsp3) is 0.900. The van der Waals surface area contributed by atoms with Gasteiger partial charge in [-0.2, -0.15) is 5.10 Å². The third-order valence-corrected chi connectivity index (χ3v) is 4.22. The molecule has 0 unspecified atom stereocenters. The average Bonchev–Trinajstić information content (AvgIpc) is 2.56. The molecular formula is C20H40N2O. The van der Waals surface area contributed by atoms with E-state index in [1.54, 1.807) is 0 Å². The molecule has 0 aromatic heterocycles. The van der Waals surface area contributed by atoms with Crippen LogP contribution in [0.1, 0.15) is 117 Å². The highest BCUT2D eigenvalue weighted by molar-refractivity contribution is 5.76. The fourth-order valence-electron chi connectivity index (χ4n) is 2.67. The number of hydrogen-bond donors (Lipinski definition) is 1. The molecule has 1 amide bonds. The van der Waals surface area contributed by atoms with Crippen molar-refractivity contribution in [2.45, 2.75) is 117 Å². The minimum absolute atomic E-state index is 0.0650. The van der Waals surface area contributed by atoms with Crippen molar-refractivity contribution in [3.05, 3.63) is 0 Å². The average molecular weight is 325 g/mol. The second-order valence-electron chi connectivity index (χ2n) is 6.63. The molecule has 0 aromatic carbocycles. The van der Waals surface area contributed by atoms with Gasteiger partial charge in [-0.3, -0.25) is 4.79 Å². The number of rotatable bonds is 17. The van der Waals surface area contributed by atoms with Gasteiger partial charge in [0.25, 0.3) is 0 Å². The normalized spacial score (nSPS) is 11.2. The van der Waals surface area contributed by atoms with Gasteiger partial charge in [0, 0.05) is 12.6 Å². The third kappa shape index (κ3) is 19.1. The molecule has 0 aliphatic rings. The van der Waals surface area contributed by atoms with Gasteiger partial charge in [0.05, 0.1) is 0 Å². The molecular weight excluding hydrogens is 284 g/mol. The predicted molar refractivity (Wildman–Crippen MR) is 102 cm³/mol. The fourth-order valence-corrected chi connectivity index (χ4v) is 2.67. The molecule has 0 aliphatic carbocycles. The van der Waals surface area contributed by atoms with Crippen LogP contribution >= 0.6 is 0 Å². The molecule has 0 atom stereocenters. The zero-order chi connectivity index (χ0) is 17.0. The number of nitrogens with one attached hydrogen (secondary N) is 1. The van der Waals surface area contributed by atoms with E-state index in [4.69, 9.17) is 0 Å². The molecule has 136 valence electrons. The van der Waals surface area contributed by atoms with E-state index in [1.807, 2.05) is 6.21 Å². The number of amides is 1. The minimum Gasteiger partial charge on any atom is -0.273 e. The van der Waals surface area contributed by atoms with Crippen LogP contribution in [-0.4, -0.2) is 12.1 Å². The van der Waals surface area contributed by atoms with Crippen LogP contribution in [0, 0.1) is 0 Å². The molecule has 3 nitrogen and oxygen atoms in total. The monoisotopic (exact) mass is 324 g/mol. The molecule has 3 heteroatoms. The number of hydrazone groups is 1. The van der Waals surface area contributed by atoms with Gasteiger partial charge in [0.2, 0.25) is 5.91 Å². The maximum atomic E-state index is 11.6. The van der Waals surface area contributed by atoms with Crippen molar-refractivity contribution in [2.75, 3.05) is 0 Å². The van der Waals surface area contributed by atoms with Crippen LogP contribution < -0.4 is 5.43 Å². The first kappa shape index (κ1) is 22.1. The maximum absolute atomic E-state index is 11.6. The zero-order valence-corrected chi connectivity index (χ0v) is 15.7. The van der Waals surface area contributed by atoms with Gasteiger partial charge in [-0.15, -0.1) is 0 Å². The first-order valence-corrected chi connectivity index (χ1v) is 10.1. The SMILES string of the molecule is CCCCCCC/C=N/NC(=O)CCCCCCCCCCC. The van der Waals surface area contributed by atoms with Crippen molar-refractivity contribution in [1.82, 2.24) is 5.43 Å². The van der Waals surface area contributed by atoms with Crippen molar-refractivity contribution in [1.29, 1.82) is 0 Å². The Balaban J connectivity index is 3.24. The van der Waals surface area contributed by atoms with E-state index < -0.39 is 0 Å². The first-order chi connectivity index (χ1) is 11.3. The predicted octanol–water partition coefficient (Wildman–Crippen LogP) is 6.37. The summed E-state index contributed by atoms with van der Waals surface area (Å²) in [5, 5.41) is 4.02. The zero-order valence-electron chi connectivity index (χ0n) is 15.7. The molecule has 0 fully saturated rings. The molecule has 0 saturated carbocycles. The molecule has 1 N–H and O–H groups in total. The van der Waals surface area contributed by atoms with Gasteiger partial charge in [0.1, 0.15) is 0 Å².